The summed E-state index contributed by atoms with van der Waals surface area (Å²) in [7, 11) is -3.50. The summed E-state index contributed by atoms with van der Waals surface area (Å²) in [6.45, 7) is 5.14. The van der Waals surface area contributed by atoms with Crippen molar-refractivity contribution in [2.24, 2.45) is 0 Å². The number of ether oxygens (including phenoxy) is 1. The zero-order valence-corrected chi connectivity index (χ0v) is 15.4. The van der Waals surface area contributed by atoms with Gasteiger partial charge in [-0.15, -0.1) is 0 Å². The molecule has 1 aliphatic heterocycles. The number of rotatable bonds is 5. The van der Waals surface area contributed by atoms with E-state index in [-0.39, 0.29) is 11.5 Å². The van der Waals surface area contributed by atoms with Crippen molar-refractivity contribution in [3.05, 3.63) is 24.3 Å². The van der Waals surface area contributed by atoms with E-state index < -0.39 is 15.6 Å². The Labute approximate surface area is 148 Å². The Morgan fingerprint density at radius 2 is 1.88 bits per heavy atom. The summed E-state index contributed by atoms with van der Waals surface area (Å²) in [4.78, 5) is 0.240. The van der Waals surface area contributed by atoms with E-state index in [2.05, 4.69) is 10.6 Å². The first-order valence-electron chi connectivity index (χ1n) is 7.63. The van der Waals surface area contributed by atoms with Crippen molar-refractivity contribution in [3.63, 3.8) is 0 Å². The largest absolute Gasteiger partial charge is 0.394 e. The van der Waals surface area contributed by atoms with Crippen LogP contribution >= 0.6 is 12.2 Å². The van der Waals surface area contributed by atoms with Gasteiger partial charge in [-0.25, -0.2) is 8.42 Å². The summed E-state index contributed by atoms with van der Waals surface area (Å²) >= 11 is 5.19. The SMILES string of the molecule is CC(C)(CO)NC(=S)Nc1ccc(S(=O)(=O)N2CCOCC2)cc1. The third-order valence-corrected chi connectivity index (χ3v) is 5.68. The van der Waals surface area contributed by atoms with Crippen LogP contribution in [0.15, 0.2) is 29.2 Å². The highest BCUT2D eigenvalue weighted by molar-refractivity contribution is 7.89. The molecule has 1 aliphatic rings. The molecule has 1 aromatic rings. The zero-order valence-electron chi connectivity index (χ0n) is 13.8. The highest BCUT2D eigenvalue weighted by Crippen LogP contribution is 2.19. The highest BCUT2D eigenvalue weighted by atomic mass is 32.2. The quantitative estimate of drug-likeness (QED) is 0.657. The lowest BCUT2D eigenvalue weighted by atomic mass is 10.1. The van der Waals surface area contributed by atoms with Crippen molar-refractivity contribution in [3.8, 4) is 0 Å². The summed E-state index contributed by atoms with van der Waals surface area (Å²) in [5, 5.41) is 15.5. The van der Waals surface area contributed by atoms with Crippen molar-refractivity contribution in [1.29, 1.82) is 0 Å². The normalized spacial score (nSPS) is 16.6. The molecule has 0 saturated carbocycles. The molecular weight excluding hydrogens is 350 g/mol. The molecule has 3 N–H and O–H groups in total. The number of benzene rings is 1. The zero-order chi connectivity index (χ0) is 17.8. The van der Waals surface area contributed by atoms with Gasteiger partial charge in [-0.1, -0.05) is 0 Å². The summed E-state index contributed by atoms with van der Waals surface area (Å²) in [6.07, 6.45) is 0. The Hall–Kier alpha value is -1.26. The van der Waals surface area contributed by atoms with Gasteiger partial charge in [-0.05, 0) is 50.3 Å². The fourth-order valence-electron chi connectivity index (χ4n) is 2.16. The van der Waals surface area contributed by atoms with E-state index in [0.717, 1.165) is 0 Å². The highest BCUT2D eigenvalue weighted by Gasteiger charge is 2.26. The van der Waals surface area contributed by atoms with E-state index in [1.807, 2.05) is 13.8 Å². The van der Waals surface area contributed by atoms with Gasteiger partial charge in [0.1, 0.15) is 0 Å². The minimum absolute atomic E-state index is 0.0639. The maximum atomic E-state index is 12.5. The fraction of sp³-hybridized carbons (Fsp3) is 0.533. The maximum absolute atomic E-state index is 12.5. The number of aliphatic hydroxyl groups excluding tert-OH is 1. The molecule has 7 nitrogen and oxygen atoms in total. The van der Waals surface area contributed by atoms with Crippen LogP contribution in [-0.2, 0) is 14.8 Å². The van der Waals surface area contributed by atoms with Gasteiger partial charge < -0.3 is 20.5 Å². The lowest BCUT2D eigenvalue weighted by Gasteiger charge is -2.26. The number of hydrogen-bond acceptors (Lipinski definition) is 5. The van der Waals surface area contributed by atoms with Crippen LogP contribution in [-0.4, -0.2) is 61.4 Å². The fourth-order valence-corrected chi connectivity index (χ4v) is 3.96. The first-order chi connectivity index (χ1) is 11.2. The van der Waals surface area contributed by atoms with Gasteiger partial charge in [0, 0.05) is 18.8 Å². The van der Waals surface area contributed by atoms with Crippen LogP contribution in [0.2, 0.25) is 0 Å². The molecule has 1 heterocycles. The molecule has 0 unspecified atom stereocenters. The first-order valence-corrected chi connectivity index (χ1v) is 9.47. The average Bonchev–Trinajstić information content (AvgIpc) is 2.55. The van der Waals surface area contributed by atoms with Crippen molar-refractivity contribution in [1.82, 2.24) is 9.62 Å². The van der Waals surface area contributed by atoms with Crippen LogP contribution in [0.25, 0.3) is 0 Å². The number of morpholine rings is 1. The maximum Gasteiger partial charge on any atom is 0.243 e. The number of thiocarbonyl (C=S) groups is 1. The molecule has 0 amide bonds. The van der Waals surface area contributed by atoms with Crippen LogP contribution in [0.5, 0.6) is 0 Å². The number of nitrogens with zero attached hydrogens (tertiary/aromatic N) is 1. The van der Waals surface area contributed by atoms with E-state index in [0.29, 0.717) is 37.1 Å². The second-order valence-electron chi connectivity index (χ2n) is 6.16. The van der Waals surface area contributed by atoms with Crippen molar-refractivity contribution >= 4 is 33.0 Å². The Balaban J connectivity index is 2.03. The minimum atomic E-state index is -3.50. The van der Waals surface area contributed by atoms with Gasteiger partial charge in [-0.2, -0.15) is 4.31 Å². The third-order valence-electron chi connectivity index (χ3n) is 3.57. The van der Waals surface area contributed by atoms with Gasteiger partial charge in [0.15, 0.2) is 5.11 Å². The Morgan fingerprint density at radius 3 is 2.42 bits per heavy atom. The van der Waals surface area contributed by atoms with Gasteiger partial charge in [-0.3, -0.25) is 0 Å². The molecule has 1 fully saturated rings. The standard InChI is InChI=1S/C15H23N3O4S2/c1-15(2,11-19)17-14(23)16-12-3-5-13(6-4-12)24(20,21)18-7-9-22-10-8-18/h3-6,19H,7-11H2,1-2H3,(H2,16,17,23). The van der Waals surface area contributed by atoms with Crippen LogP contribution < -0.4 is 10.6 Å². The molecule has 134 valence electrons. The number of sulfonamides is 1. The predicted molar refractivity (Wildman–Crippen MR) is 96.5 cm³/mol. The van der Waals surface area contributed by atoms with Gasteiger partial charge >= 0.3 is 0 Å². The van der Waals surface area contributed by atoms with Crippen molar-refractivity contribution in [2.75, 3.05) is 38.2 Å². The molecule has 0 radical (unpaired) electrons. The van der Waals surface area contributed by atoms with Gasteiger partial charge in [0.05, 0.1) is 30.3 Å². The monoisotopic (exact) mass is 373 g/mol. The van der Waals surface area contributed by atoms with Crippen molar-refractivity contribution < 1.29 is 18.3 Å². The molecule has 9 heteroatoms. The van der Waals surface area contributed by atoms with Gasteiger partial charge in [0.2, 0.25) is 10.0 Å². The molecule has 0 atom stereocenters. The van der Waals surface area contributed by atoms with Gasteiger partial charge in [0.25, 0.3) is 0 Å². The van der Waals surface area contributed by atoms with E-state index >= 15 is 0 Å². The molecule has 24 heavy (non-hydrogen) atoms. The van der Waals surface area contributed by atoms with E-state index in [4.69, 9.17) is 17.0 Å². The number of anilines is 1. The molecule has 0 spiro atoms. The molecule has 0 bridgehead atoms. The summed E-state index contributed by atoms with van der Waals surface area (Å²) in [5.74, 6) is 0. The molecule has 1 aromatic carbocycles. The first kappa shape index (κ1) is 19.1. The lowest BCUT2D eigenvalue weighted by Crippen LogP contribution is -2.47. The summed E-state index contributed by atoms with van der Waals surface area (Å²) in [5.41, 5.74) is 0.131. The summed E-state index contributed by atoms with van der Waals surface area (Å²) in [6, 6.07) is 6.42. The topological polar surface area (TPSA) is 90.9 Å². The van der Waals surface area contributed by atoms with Crippen molar-refractivity contribution in [2.45, 2.75) is 24.3 Å². The molecule has 0 aliphatic carbocycles. The van der Waals surface area contributed by atoms with E-state index in [1.165, 1.54) is 4.31 Å². The summed E-state index contributed by atoms with van der Waals surface area (Å²) < 4.78 is 31.7. The van der Waals surface area contributed by atoms with Crippen LogP contribution in [0.4, 0.5) is 5.69 Å². The second kappa shape index (κ2) is 7.75. The molecular formula is C15H23N3O4S2. The average molecular weight is 374 g/mol. The third kappa shape index (κ3) is 4.87. The minimum Gasteiger partial charge on any atom is -0.394 e. The van der Waals surface area contributed by atoms with Crippen LogP contribution in [0, 0.1) is 0 Å². The molecule has 2 rings (SSSR count). The second-order valence-corrected chi connectivity index (χ2v) is 8.51. The molecule has 0 aromatic heterocycles. The molecule has 1 saturated heterocycles. The van der Waals surface area contributed by atoms with Crippen LogP contribution in [0.1, 0.15) is 13.8 Å². The van der Waals surface area contributed by atoms with E-state index in [9.17, 15) is 13.5 Å². The lowest BCUT2D eigenvalue weighted by molar-refractivity contribution is 0.0730. The number of nitrogens with one attached hydrogen (secondary N) is 2. The van der Waals surface area contributed by atoms with Crippen LogP contribution in [0.3, 0.4) is 0 Å². The Bertz CT molecular complexity index is 668. The Morgan fingerprint density at radius 1 is 1.29 bits per heavy atom. The predicted octanol–water partition coefficient (Wildman–Crippen LogP) is 0.765. The number of aliphatic hydroxyl groups is 1. The smallest absolute Gasteiger partial charge is 0.243 e. The number of hydrogen-bond donors (Lipinski definition) is 3. The Kier molecular flexibility index (Phi) is 6.16. The van der Waals surface area contributed by atoms with E-state index in [1.54, 1.807) is 24.3 Å².